The average molecular weight is 244 g/mol. The van der Waals surface area contributed by atoms with E-state index >= 15 is 0 Å². The van der Waals surface area contributed by atoms with E-state index in [1.807, 2.05) is 13.0 Å². The minimum Gasteiger partial charge on any atom is -0.279 e. The number of hydroxylamine groups is 1. The van der Waals surface area contributed by atoms with E-state index < -0.39 is 5.91 Å². The van der Waals surface area contributed by atoms with Crippen molar-refractivity contribution in [3.8, 4) is 0 Å². The fourth-order valence-electron chi connectivity index (χ4n) is 1.55. The molecule has 6 nitrogen and oxygen atoms in total. The third-order valence-electron chi connectivity index (χ3n) is 2.28. The van der Waals surface area contributed by atoms with Crippen LogP contribution in [0.3, 0.4) is 0 Å². The highest BCUT2D eigenvalue weighted by Crippen LogP contribution is 2.14. The Morgan fingerprint density at radius 2 is 2.06 bits per heavy atom. The SMILES string of the molecule is Cc1cc(C)nc(N(O)C(=O)c2cnccn2)c1. The second kappa shape index (κ2) is 4.89. The van der Waals surface area contributed by atoms with E-state index in [4.69, 9.17) is 0 Å². The molecule has 0 atom stereocenters. The topological polar surface area (TPSA) is 79.2 Å². The fraction of sp³-hybridized carbons (Fsp3) is 0.167. The van der Waals surface area contributed by atoms with Gasteiger partial charge in [0.1, 0.15) is 5.69 Å². The predicted octanol–water partition coefficient (Wildman–Crippen LogP) is 1.52. The van der Waals surface area contributed by atoms with Crippen LogP contribution < -0.4 is 5.06 Å². The third kappa shape index (κ3) is 2.49. The van der Waals surface area contributed by atoms with Gasteiger partial charge in [-0.3, -0.25) is 15.0 Å². The zero-order valence-corrected chi connectivity index (χ0v) is 10.0. The molecule has 0 fully saturated rings. The van der Waals surface area contributed by atoms with Crippen molar-refractivity contribution in [1.29, 1.82) is 0 Å². The summed E-state index contributed by atoms with van der Waals surface area (Å²) in [6, 6.07) is 3.46. The molecular weight excluding hydrogens is 232 g/mol. The van der Waals surface area contributed by atoms with Crippen molar-refractivity contribution in [2.24, 2.45) is 0 Å². The number of carbonyl (C=O) groups excluding carboxylic acids is 1. The summed E-state index contributed by atoms with van der Waals surface area (Å²) < 4.78 is 0. The van der Waals surface area contributed by atoms with Crippen molar-refractivity contribution < 1.29 is 10.0 Å². The molecule has 18 heavy (non-hydrogen) atoms. The molecule has 1 amide bonds. The minimum absolute atomic E-state index is 0.0564. The molecule has 92 valence electrons. The highest BCUT2D eigenvalue weighted by Gasteiger charge is 2.18. The molecule has 6 heteroatoms. The summed E-state index contributed by atoms with van der Waals surface area (Å²) in [6.45, 7) is 3.65. The van der Waals surface area contributed by atoms with Crippen molar-refractivity contribution in [3.63, 3.8) is 0 Å². The predicted molar refractivity (Wildman–Crippen MR) is 64.3 cm³/mol. The lowest BCUT2D eigenvalue weighted by atomic mass is 10.2. The van der Waals surface area contributed by atoms with Crippen LogP contribution >= 0.6 is 0 Å². The van der Waals surface area contributed by atoms with Gasteiger partial charge in [0.15, 0.2) is 5.82 Å². The van der Waals surface area contributed by atoms with Crippen molar-refractivity contribution in [1.82, 2.24) is 15.0 Å². The molecular formula is C12H12N4O2. The minimum atomic E-state index is -0.666. The van der Waals surface area contributed by atoms with E-state index in [0.717, 1.165) is 11.3 Å². The molecule has 0 bridgehead atoms. The lowest BCUT2D eigenvalue weighted by Crippen LogP contribution is -2.29. The molecule has 1 N–H and O–H groups in total. The van der Waals surface area contributed by atoms with E-state index in [1.54, 1.807) is 13.0 Å². The first-order valence-corrected chi connectivity index (χ1v) is 5.32. The number of amides is 1. The van der Waals surface area contributed by atoms with Gasteiger partial charge >= 0.3 is 5.91 Å². The molecule has 2 aromatic rings. The van der Waals surface area contributed by atoms with Gasteiger partial charge in [0.2, 0.25) is 0 Å². The summed E-state index contributed by atoms with van der Waals surface area (Å²) in [6.07, 6.45) is 4.12. The lowest BCUT2D eigenvalue weighted by Gasteiger charge is -2.14. The fourth-order valence-corrected chi connectivity index (χ4v) is 1.55. The first-order chi connectivity index (χ1) is 8.58. The standard InChI is InChI=1S/C12H12N4O2/c1-8-5-9(2)15-11(6-8)16(18)12(17)10-7-13-3-4-14-10/h3-7,18H,1-2H3. The molecule has 0 aromatic carbocycles. The second-order valence-electron chi connectivity index (χ2n) is 3.85. The molecule has 2 rings (SSSR count). The molecule has 0 aliphatic rings. The van der Waals surface area contributed by atoms with Crippen molar-refractivity contribution in [2.45, 2.75) is 13.8 Å². The maximum absolute atomic E-state index is 11.9. The summed E-state index contributed by atoms with van der Waals surface area (Å²) in [5.41, 5.74) is 1.68. The molecule has 2 aromatic heterocycles. The van der Waals surface area contributed by atoms with Crippen molar-refractivity contribution in [2.75, 3.05) is 5.06 Å². The highest BCUT2D eigenvalue weighted by molar-refractivity contribution is 6.02. The number of hydrogen-bond donors (Lipinski definition) is 1. The van der Waals surface area contributed by atoms with E-state index in [-0.39, 0.29) is 11.5 Å². The Bertz CT molecular complexity index is 551. The largest absolute Gasteiger partial charge is 0.303 e. The summed E-state index contributed by atoms with van der Waals surface area (Å²) >= 11 is 0. The van der Waals surface area contributed by atoms with Crippen LogP contribution in [0.15, 0.2) is 30.7 Å². The Kier molecular flexibility index (Phi) is 3.29. The Labute approximate surface area is 104 Å². The number of carbonyl (C=O) groups is 1. The Morgan fingerprint density at radius 1 is 1.28 bits per heavy atom. The van der Waals surface area contributed by atoms with Gasteiger partial charge in [-0.15, -0.1) is 0 Å². The van der Waals surface area contributed by atoms with Gasteiger partial charge in [0.25, 0.3) is 0 Å². The first kappa shape index (κ1) is 12.1. The van der Waals surface area contributed by atoms with Crippen LogP contribution in [-0.2, 0) is 0 Å². The highest BCUT2D eigenvalue weighted by atomic mass is 16.5. The van der Waals surface area contributed by atoms with Gasteiger partial charge in [0.05, 0.1) is 6.20 Å². The Balaban J connectivity index is 2.31. The van der Waals surface area contributed by atoms with Gasteiger partial charge in [-0.1, -0.05) is 0 Å². The molecule has 0 saturated heterocycles. The van der Waals surface area contributed by atoms with E-state index in [2.05, 4.69) is 15.0 Å². The van der Waals surface area contributed by atoms with E-state index in [9.17, 15) is 10.0 Å². The molecule has 0 radical (unpaired) electrons. The normalized spacial score (nSPS) is 10.2. The number of aryl methyl sites for hydroxylation is 2. The van der Waals surface area contributed by atoms with Crippen LogP contribution in [-0.4, -0.2) is 26.1 Å². The number of hydrogen-bond acceptors (Lipinski definition) is 5. The van der Waals surface area contributed by atoms with Gasteiger partial charge in [-0.2, -0.15) is 5.06 Å². The summed E-state index contributed by atoms with van der Waals surface area (Å²) in [5.74, 6) is -0.497. The van der Waals surface area contributed by atoms with Gasteiger partial charge in [0, 0.05) is 18.1 Å². The maximum atomic E-state index is 11.9. The summed E-state index contributed by atoms with van der Waals surface area (Å²) in [7, 11) is 0. The van der Waals surface area contributed by atoms with E-state index in [1.165, 1.54) is 18.6 Å². The number of anilines is 1. The van der Waals surface area contributed by atoms with Gasteiger partial charge in [-0.25, -0.2) is 9.97 Å². The monoisotopic (exact) mass is 244 g/mol. The third-order valence-corrected chi connectivity index (χ3v) is 2.28. The van der Waals surface area contributed by atoms with Crippen LogP contribution in [0.4, 0.5) is 5.82 Å². The number of pyridine rings is 1. The molecule has 0 unspecified atom stereocenters. The Morgan fingerprint density at radius 3 is 2.67 bits per heavy atom. The summed E-state index contributed by atoms with van der Waals surface area (Å²) in [5, 5.41) is 10.3. The molecule has 0 aliphatic carbocycles. The summed E-state index contributed by atoms with van der Waals surface area (Å²) in [4.78, 5) is 23.6. The zero-order chi connectivity index (χ0) is 13.1. The van der Waals surface area contributed by atoms with E-state index in [0.29, 0.717) is 5.06 Å². The molecule has 0 saturated carbocycles. The van der Waals surface area contributed by atoms with Crippen molar-refractivity contribution >= 4 is 11.7 Å². The smallest absolute Gasteiger partial charge is 0.279 e. The van der Waals surface area contributed by atoms with Crippen LogP contribution in [0, 0.1) is 13.8 Å². The second-order valence-corrected chi connectivity index (χ2v) is 3.85. The quantitative estimate of drug-likeness (QED) is 0.640. The van der Waals surface area contributed by atoms with Crippen LogP contribution in [0.2, 0.25) is 0 Å². The zero-order valence-electron chi connectivity index (χ0n) is 10.0. The molecule has 0 aliphatic heterocycles. The van der Waals surface area contributed by atoms with Crippen LogP contribution in [0.25, 0.3) is 0 Å². The number of nitrogens with zero attached hydrogens (tertiary/aromatic N) is 4. The maximum Gasteiger partial charge on any atom is 0.303 e. The lowest BCUT2D eigenvalue weighted by molar-refractivity contribution is 0.0846. The van der Waals surface area contributed by atoms with Crippen LogP contribution in [0.5, 0.6) is 0 Å². The van der Waals surface area contributed by atoms with Crippen molar-refractivity contribution in [3.05, 3.63) is 47.7 Å². The molecule has 2 heterocycles. The number of aromatic nitrogens is 3. The Hall–Kier alpha value is -2.34. The average Bonchev–Trinajstić information content (AvgIpc) is 2.37. The van der Waals surface area contributed by atoms with Gasteiger partial charge < -0.3 is 0 Å². The van der Waals surface area contributed by atoms with Gasteiger partial charge in [-0.05, 0) is 31.5 Å². The first-order valence-electron chi connectivity index (χ1n) is 5.32. The molecule has 0 spiro atoms. The van der Waals surface area contributed by atoms with Crippen LogP contribution in [0.1, 0.15) is 21.7 Å². The number of rotatable bonds is 2.